The van der Waals surface area contributed by atoms with Gasteiger partial charge in [0.15, 0.2) is 6.61 Å². The van der Waals surface area contributed by atoms with Crippen molar-refractivity contribution in [3.05, 3.63) is 41.1 Å². The average Bonchev–Trinajstić information content (AvgIpc) is 2.84. The third-order valence-corrected chi connectivity index (χ3v) is 3.29. The van der Waals surface area contributed by atoms with Gasteiger partial charge in [0.25, 0.3) is 5.91 Å². The predicted octanol–water partition coefficient (Wildman–Crippen LogP) is 2.48. The number of carbonyl (C=O) groups is 2. The van der Waals surface area contributed by atoms with Gasteiger partial charge >= 0.3 is 5.97 Å². The smallest absolute Gasteiger partial charge is 0.346 e. The highest BCUT2D eigenvalue weighted by Gasteiger charge is 2.20. The highest BCUT2D eigenvalue weighted by molar-refractivity contribution is 5.98. The lowest BCUT2D eigenvalue weighted by Gasteiger charge is -2.09. The quantitative estimate of drug-likeness (QED) is 0.820. The minimum absolute atomic E-state index is 0.0408. The van der Waals surface area contributed by atoms with Crippen LogP contribution in [0.5, 0.6) is 0 Å². The molecule has 0 fully saturated rings. The fourth-order valence-corrected chi connectivity index (χ4v) is 1.99. The minimum Gasteiger partial charge on any atom is -0.452 e. The van der Waals surface area contributed by atoms with Crippen LogP contribution in [-0.4, -0.2) is 23.6 Å². The molecular formula is C16H19N3O4. The van der Waals surface area contributed by atoms with E-state index in [4.69, 9.17) is 10.5 Å². The Morgan fingerprint density at radius 1 is 1.30 bits per heavy atom. The second-order valence-corrected chi connectivity index (χ2v) is 5.41. The van der Waals surface area contributed by atoms with Crippen molar-refractivity contribution in [1.29, 1.82) is 0 Å². The van der Waals surface area contributed by atoms with Crippen LogP contribution in [-0.2, 0) is 9.53 Å². The first-order chi connectivity index (χ1) is 10.9. The standard InChI is InChI=1S/C16H19N3O4/c1-9(2)11-4-6-12(7-5-11)18-13(20)8-22-16(21)14-10(3)19-23-15(14)17/h4-7,9H,8,17H2,1-3H3,(H,18,20). The summed E-state index contributed by atoms with van der Waals surface area (Å²) in [4.78, 5) is 23.7. The summed E-state index contributed by atoms with van der Waals surface area (Å²) < 4.78 is 9.59. The first-order valence-electron chi connectivity index (χ1n) is 7.17. The van der Waals surface area contributed by atoms with Crippen molar-refractivity contribution in [3.8, 4) is 0 Å². The average molecular weight is 317 g/mol. The lowest BCUT2D eigenvalue weighted by Crippen LogP contribution is -2.21. The number of ether oxygens (including phenoxy) is 1. The van der Waals surface area contributed by atoms with Crippen molar-refractivity contribution in [2.75, 3.05) is 17.7 Å². The largest absolute Gasteiger partial charge is 0.452 e. The predicted molar refractivity (Wildman–Crippen MR) is 85.1 cm³/mol. The van der Waals surface area contributed by atoms with Gasteiger partial charge in [-0.2, -0.15) is 0 Å². The van der Waals surface area contributed by atoms with Crippen molar-refractivity contribution in [3.63, 3.8) is 0 Å². The highest BCUT2D eigenvalue weighted by atomic mass is 16.5. The Morgan fingerprint density at radius 2 is 1.96 bits per heavy atom. The third kappa shape index (κ3) is 4.09. The van der Waals surface area contributed by atoms with E-state index >= 15 is 0 Å². The molecule has 0 aliphatic carbocycles. The number of amides is 1. The normalized spacial score (nSPS) is 10.6. The summed E-state index contributed by atoms with van der Waals surface area (Å²) >= 11 is 0. The molecule has 0 radical (unpaired) electrons. The molecule has 0 atom stereocenters. The van der Waals surface area contributed by atoms with Crippen LogP contribution < -0.4 is 11.1 Å². The Bertz CT molecular complexity index is 685. The second kappa shape index (κ2) is 6.95. The van der Waals surface area contributed by atoms with Gasteiger partial charge < -0.3 is 20.3 Å². The van der Waals surface area contributed by atoms with Gasteiger partial charge in [-0.15, -0.1) is 0 Å². The zero-order valence-corrected chi connectivity index (χ0v) is 13.3. The SMILES string of the molecule is Cc1noc(N)c1C(=O)OCC(=O)Nc1ccc(C(C)C)cc1. The number of benzene rings is 1. The number of aromatic nitrogens is 1. The molecule has 1 aromatic carbocycles. The van der Waals surface area contributed by atoms with Gasteiger partial charge in [-0.1, -0.05) is 31.1 Å². The number of aryl methyl sites for hydroxylation is 1. The number of nitrogens with one attached hydrogen (secondary N) is 1. The highest BCUT2D eigenvalue weighted by Crippen LogP contribution is 2.18. The summed E-state index contributed by atoms with van der Waals surface area (Å²) in [6.45, 7) is 5.32. The number of rotatable bonds is 5. The van der Waals surface area contributed by atoms with Gasteiger partial charge in [0.2, 0.25) is 5.88 Å². The van der Waals surface area contributed by atoms with E-state index in [1.165, 1.54) is 5.56 Å². The van der Waals surface area contributed by atoms with Crippen molar-refractivity contribution < 1.29 is 18.8 Å². The molecule has 122 valence electrons. The Hall–Kier alpha value is -2.83. The Balaban J connectivity index is 1.89. The van der Waals surface area contributed by atoms with Gasteiger partial charge in [0.05, 0.1) is 5.69 Å². The molecule has 2 rings (SSSR count). The van der Waals surface area contributed by atoms with Crippen LogP contribution in [0.3, 0.4) is 0 Å². The Morgan fingerprint density at radius 3 is 2.48 bits per heavy atom. The van der Waals surface area contributed by atoms with Crippen molar-refractivity contribution in [1.82, 2.24) is 5.16 Å². The molecule has 23 heavy (non-hydrogen) atoms. The molecule has 1 amide bonds. The van der Waals surface area contributed by atoms with Crippen molar-refractivity contribution >= 4 is 23.4 Å². The number of nitrogen functional groups attached to an aromatic ring is 1. The number of nitrogens with two attached hydrogens (primary N) is 1. The molecule has 0 aliphatic heterocycles. The fraction of sp³-hybridized carbons (Fsp3) is 0.312. The van der Waals surface area contributed by atoms with Gasteiger partial charge in [-0.25, -0.2) is 4.79 Å². The molecule has 0 aliphatic rings. The summed E-state index contributed by atoms with van der Waals surface area (Å²) in [5.41, 5.74) is 7.65. The zero-order chi connectivity index (χ0) is 17.0. The van der Waals surface area contributed by atoms with Crippen LogP contribution >= 0.6 is 0 Å². The minimum atomic E-state index is -0.744. The lowest BCUT2D eigenvalue weighted by molar-refractivity contribution is -0.119. The molecular weight excluding hydrogens is 298 g/mol. The van der Waals surface area contributed by atoms with Crippen molar-refractivity contribution in [2.45, 2.75) is 26.7 Å². The molecule has 7 heteroatoms. The summed E-state index contributed by atoms with van der Waals surface area (Å²) in [6, 6.07) is 7.48. The van der Waals surface area contributed by atoms with Gasteiger partial charge in [0.1, 0.15) is 5.56 Å². The van der Waals surface area contributed by atoms with Crippen LogP contribution in [0.1, 0.15) is 41.4 Å². The van der Waals surface area contributed by atoms with E-state index in [0.29, 0.717) is 17.3 Å². The van der Waals surface area contributed by atoms with E-state index in [1.807, 2.05) is 12.1 Å². The maximum absolute atomic E-state index is 11.8. The third-order valence-electron chi connectivity index (χ3n) is 3.29. The van der Waals surface area contributed by atoms with Crippen molar-refractivity contribution in [2.24, 2.45) is 0 Å². The molecule has 1 aromatic heterocycles. The van der Waals surface area contributed by atoms with Gasteiger partial charge in [-0.3, -0.25) is 4.79 Å². The molecule has 3 N–H and O–H groups in total. The summed E-state index contributed by atoms with van der Waals surface area (Å²) in [5.74, 6) is -0.898. The van der Waals surface area contributed by atoms with Gasteiger partial charge in [0, 0.05) is 5.69 Å². The van der Waals surface area contributed by atoms with E-state index in [9.17, 15) is 9.59 Å². The number of carbonyl (C=O) groups excluding carboxylic acids is 2. The van der Waals surface area contributed by atoms with Crippen LogP contribution in [0.15, 0.2) is 28.8 Å². The Kier molecular flexibility index (Phi) is 5.00. The molecule has 0 spiro atoms. The molecule has 1 heterocycles. The molecule has 0 saturated heterocycles. The van der Waals surface area contributed by atoms with E-state index in [-0.39, 0.29) is 11.4 Å². The number of esters is 1. The lowest BCUT2D eigenvalue weighted by atomic mass is 10.0. The first kappa shape index (κ1) is 16.5. The van der Waals surface area contributed by atoms with E-state index in [2.05, 4.69) is 28.8 Å². The summed E-state index contributed by atoms with van der Waals surface area (Å²) in [6.07, 6.45) is 0. The fourth-order valence-electron chi connectivity index (χ4n) is 1.99. The summed E-state index contributed by atoms with van der Waals surface area (Å²) in [7, 11) is 0. The van der Waals surface area contributed by atoms with Crippen LogP contribution in [0.2, 0.25) is 0 Å². The maximum Gasteiger partial charge on any atom is 0.346 e. The molecule has 0 bridgehead atoms. The van der Waals surface area contributed by atoms with Gasteiger partial charge in [-0.05, 0) is 30.5 Å². The topological polar surface area (TPSA) is 107 Å². The molecule has 0 unspecified atom stereocenters. The van der Waals surface area contributed by atoms with E-state index in [1.54, 1.807) is 19.1 Å². The van der Waals surface area contributed by atoms with Crippen LogP contribution in [0.25, 0.3) is 0 Å². The van der Waals surface area contributed by atoms with E-state index in [0.717, 1.165) is 0 Å². The number of nitrogens with zero attached hydrogens (tertiary/aromatic N) is 1. The molecule has 7 nitrogen and oxygen atoms in total. The number of hydrogen-bond acceptors (Lipinski definition) is 6. The second-order valence-electron chi connectivity index (χ2n) is 5.41. The number of anilines is 2. The molecule has 0 saturated carbocycles. The molecule has 2 aromatic rings. The maximum atomic E-state index is 11.8. The van der Waals surface area contributed by atoms with Crippen LogP contribution in [0.4, 0.5) is 11.6 Å². The zero-order valence-electron chi connectivity index (χ0n) is 13.3. The number of hydrogen-bond donors (Lipinski definition) is 2. The van der Waals surface area contributed by atoms with E-state index < -0.39 is 18.5 Å². The monoisotopic (exact) mass is 317 g/mol. The van der Waals surface area contributed by atoms with Crippen LogP contribution in [0, 0.1) is 6.92 Å². The Labute approximate surface area is 133 Å². The first-order valence-corrected chi connectivity index (χ1v) is 7.17. The summed E-state index contributed by atoms with van der Waals surface area (Å²) in [5, 5.41) is 6.20.